The third-order valence-electron chi connectivity index (χ3n) is 2.79. The molecule has 0 saturated carbocycles. The first kappa shape index (κ1) is 15.9. The normalized spacial score (nSPS) is 11.3. The van der Waals surface area contributed by atoms with Crippen LogP contribution in [0.5, 0.6) is 0 Å². The first-order chi connectivity index (χ1) is 9.90. The summed E-state index contributed by atoms with van der Waals surface area (Å²) in [5.74, 6) is -1.15. The zero-order valence-electron chi connectivity index (χ0n) is 10.8. The van der Waals surface area contributed by atoms with Gasteiger partial charge in [0, 0.05) is 10.1 Å². The van der Waals surface area contributed by atoms with Crippen LogP contribution in [-0.4, -0.2) is 19.5 Å². The smallest absolute Gasteiger partial charge is 0.336 e. The minimum atomic E-state index is -3.75. The minimum Gasteiger partial charge on any atom is -0.478 e. The standard InChI is InChI=1S/C14H12INO4S/c15-13-7-6-11(8-12(13)14(17)18)21(19,20)16-9-10-4-2-1-3-5-10/h1-8,16H,9H2,(H,17,18). The SMILES string of the molecule is O=C(O)c1cc(S(=O)(=O)NCc2ccccc2)ccc1I. The van der Waals surface area contributed by atoms with E-state index in [1.165, 1.54) is 12.1 Å². The maximum atomic E-state index is 12.2. The van der Waals surface area contributed by atoms with Crippen molar-refractivity contribution in [3.05, 3.63) is 63.2 Å². The van der Waals surface area contributed by atoms with Gasteiger partial charge in [0.15, 0.2) is 0 Å². The molecule has 7 heteroatoms. The van der Waals surface area contributed by atoms with Gasteiger partial charge in [-0.25, -0.2) is 17.9 Å². The summed E-state index contributed by atoms with van der Waals surface area (Å²) in [6, 6.07) is 13.1. The lowest BCUT2D eigenvalue weighted by molar-refractivity contribution is 0.0695. The Hall–Kier alpha value is -1.45. The van der Waals surface area contributed by atoms with E-state index in [4.69, 9.17) is 5.11 Å². The number of aromatic carboxylic acids is 1. The second-order valence-corrected chi connectivity index (χ2v) is 7.19. The molecule has 2 N–H and O–H groups in total. The Balaban J connectivity index is 2.24. The van der Waals surface area contributed by atoms with Crippen LogP contribution >= 0.6 is 22.6 Å². The van der Waals surface area contributed by atoms with Crippen LogP contribution in [0.2, 0.25) is 0 Å². The Morgan fingerprint density at radius 1 is 1.14 bits per heavy atom. The van der Waals surface area contributed by atoms with Gasteiger partial charge >= 0.3 is 5.97 Å². The number of hydrogen-bond donors (Lipinski definition) is 2. The van der Waals surface area contributed by atoms with E-state index >= 15 is 0 Å². The molecule has 0 bridgehead atoms. The van der Waals surface area contributed by atoms with Crippen LogP contribution in [0.4, 0.5) is 0 Å². The molecule has 0 heterocycles. The van der Waals surface area contributed by atoms with E-state index in [-0.39, 0.29) is 17.0 Å². The molecule has 0 aliphatic carbocycles. The maximum absolute atomic E-state index is 12.2. The molecule has 0 unspecified atom stereocenters. The lowest BCUT2D eigenvalue weighted by Crippen LogP contribution is -2.23. The van der Waals surface area contributed by atoms with E-state index in [2.05, 4.69) is 4.72 Å². The van der Waals surface area contributed by atoms with E-state index in [1.54, 1.807) is 12.1 Å². The van der Waals surface area contributed by atoms with Crippen LogP contribution < -0.4 is 4.72 Å². The van der Waals surface area contributed by atoms with E-state index in [9.17, 15) is 13.2 Å². The molecule has 0 fully saturated rings. The molecule has 2 aromatic carbocycles. The van der Waals surface area contributed by atoms with E-state index < -0.39 is 16.0 Å². The van der Waals surface area contributed by atoms with Crippen LogP contribution in [0.15, 0.2) is 53.4 Å². The molecular weight excluding hydrogens is 405 g/mol. The van der Waals surface area contributed by atoms with Crippen molar-refractivity contribution in [3.8, 4) is 0 Å². The quantitative estimate of drug-likeness (QED) is 0.733. The molecule has 0 saturated heterocycles. The van der Waals surface area contributed by atoms with Crippen molar-refractivity contribution in [2.24, 2.45) is 0 Å². The third-order valence-corrected chi connectivity index (χ3v) is 5.13. The summed E-state index contributed by atoms with van der Waals surface area (Å²) in [5.41, 5.74) is 0.795. The Labute approximate surface area is 136 Å². The van der Waals surface area contributed by atoms with Crippen molar-refractivity contribution in [2.75, 3.05) is 0 Å². The monoisotopic (exact) mass is 417 g/mol. The van der Waals surface area contributed by atoms with Gasteiger partial charge in [0.2, 0.25) is 10.0 Å². The van der Waals surface area contributed by atoms with Crippen LogP contribution in [-0.2, 0) is 16.6 Å². The van der Waals surface area contributed by atoms with Gasteiger partial charge in [0.25, 0.3) is 0 Å². The number of hydrogen-bond acceptors (Lipinski definition) is 3. The van der Waals surface area contributed by atoms with Gasteiger partial charge < -0.3 is 5.11 Å². The Bertz CT molecular complexity index is 760. The van der Waals surface area contributed by atoms with Gasteiger partial charge in [-0.05, 0) is 46.4 Å². The summed E-state index contributed by atoms with van der Waals surface area (Å²) in [4.78, 5) is 11.0. The van der Waals surface area contributed by atoms with Gasteiger partial charge in [-0.3, -0.25) is 0 Å². The summed E-state index contributed by atoms with van der Waals surface area (Å²) >= 11 is 1.86. The summed E-state index contributed by atoms with van der Waals surface area (Å²) < 4.78 is 27.3. The predicted molar refractivity (Wildman–Crippen MR) is 86.6 cm³/mol. The summed E-state index contributed by atoms with van der Waals surface area (Å²) in [5, 5.41) is 9.04. The Morgan fingerprint density at radius 3 is 2.43 bits per heavy atom. The predicted octanol–water partition coefficient (Wildman–Crippen LogP) is 2.47. The van der Waals surface area contributed by atoms with Gasteiger partial charge in [0.1, 0.15) is 0 Å². The number of carboxylic acids is 1. The van der Waals surface area contributed by atoms with Gasteiger partial charge in [-0.2, -0.15) is 0 Å². The molecule has 0 aliphatic heterocycles. The second kappa shape index (κ2) is 6.54. The van der Waals surface area contributed by atoms with Crippen molar-refractivity contribution in [3.63, 3.8) is 0 Å². The van der Waals surface area contributed by atoms with Gasteiger partial charge in [-0.15, -0.1) is 0 Å². The molecule has 2 rings (SSSR count). The van der Waals surface area contributed by atoms with E-state index in [0.29, 0.717) is 3.57 Å². The molecule has 0 radical (unpaired) electrons. The highest BCUT2D eigenvalue weighted by molar-refractivity contribution is 14.1. The summed E-state index contributed by atoms with van der Waals surface area (Å²) in [6.07, 6.45) is 0. The fourth-order valence-corrected chi connectivity index (χ4v) is 3.30. The fourth-order valence-electron chi connectivity index (χ4n) is 1.69. The minimum absolute atomic E-state index is 0.0295. The lowest BCUT2D eigenvalue weighted by Gasteiger charge is -2.08. The first-order valence-corrected chi connectivity index (χ1v) is 8.53. The lowest BCUT2D eigenvalue weighted by atomic mass is 10.2. The van der Waals surface area contributed by atoms with Crippen molar-refractivity contribution in [2.45, 2.75) is 11.4 Å². The van der Waals surface area contributed by atoms with Crippen LogP contribution in [0.3, 0.4) is 0 Å². The Morgan fingerprint density at radius 2 is 1.81 bits per heavy atom. The molecular formula is C14H12INO4S. The number of sulfonamides is 1. The zero-order chi connectivity index (χ0) is 15.5. The number of nitrogens with one attached hydrogen (secondary N) is 1. The molecule has 0 spiro atoms. The number of rotatable bonds is 5. The summed E-state index contributed by atoms with van der Waals surface area (Å²) in [6.45, 7) is 0.150. The van der Waals surface area contributed by atoms with Gasteiger partial charge in [0.05, 0.1) is 10.5 Å². The van der Waals surface area contributed by atoms with Crippen molar-refractivity contribution in [1.82, 2.24) is 4.72 Å². The molecule has 0 aliphatic rings. The number of carbonyl (C=O) groups is 1. The molecule has 2 aromatic rings. The fraction of sp³-hybridized carbons (Fsp3) is 0.0714. The zero-order valence-corrected chi connectivity index (χ0v) is 13.8. The maximum Gasteiger partial charge on any atom is 0.336 e. The average Bonchev–Trinajstić information content (AvgIpc) is 2.46. The molecule has 21 heavy (non-hydrogen) atoms. The van der Waals surface area contributed by atoms with Crippen molar-refractivity contribution < 1.29 is 18.3 Å². The molecule has 5 nitrogen and oxygen atoms in total. The van der Waals surface area contributed by atoms with Gasteiger partial charge in [-0.1, -0.05) is 30.3 Å². The number of halogens is 1. The van der Waals surface area contributed by atoms with Crippen LogP contribution in [0, 0.1) is 3.57 Å². The average molecular weight is 417 g/mol. The third kappa shape index (κ3) is 4.02. The van der Waals surface area contributed by atoms with Crippen molar-refractivity contribution >= 4 is 38.6 Å². The first-order valence-electron chi connectivity index (χ1n) is 5.96. The number of carboxylic acid groups (broad SMARTS) is 1. The van der Waals surface area contributed by atoms with Crippen LogP contribution in [0.1, 0.15) is 15.9 Å². The molecule has 0 amide bonds. The number of benzene rings is 2. The topological polar surface area (TPSA) is 83.5 Å². The highest BCUT2D eigenvalue weighted by Gasteiger charge is 2.17. The van der Waals surface area contributed by atoms with Crippen LogP contribution in [0.25, 0.3) is 0 Å². The highest BCUT2D eigenvalue weighted by Crippen LogP contribution is 2.18. The van der Waals surface area contributed by atoms with Crippen molar-refractivity contribution in [1.29, 1.82) is 0 Å². The van der Waals surface area contributed by atoms with E-state index in [0.717, 1.165) is 11.6 Å². The summed E-state index contributed by atoms with van der Waals surface area (Å²) in [7, 11) is -3.75. The molecule has 0 atom stereocenters. The largest absolute Gasteiger partial charge is 0.478 e. The second-order valence-electron chi connectivity index (χ2n) is 4.26. The Kier molecular flexibility index (Phi) is 4.96. The molecule has 0 aromatic heterocycles. The highest BCUT2D eigenvalue weighted by atomic mass is 127. The molecule has 110 valence electrons. The van der Waals surface area contributed by atoms with E-state index in [1.807, 2.05) is 40.8 Å².